The van der Waals surface area contributed by atoms with Crippen LogP contribution in [0.15, 0.2) is 41.1 Å². The molecular formula is C17H17N3O. The summed E-state index contributed by atoms with van der Waals surface area (Å²) in [5.41, 5.74) is 4.88. The summed E-state index contributed by atoms with van der Waals surface area (Å²) in [5, 5.41) is 5.48. The second-order valence-corrected chi connectivity index (χ2v) is 5.58. The molecule has 0 aliphatic carbocycles. The fraction of sp³-hybridized carbons (Fsp3) is 0.235. The molecule has 0 fully saturated rings. The fourth-order valence-electron chi connectivity index (χ4n) is 2.96. The van der Waals surface area contributed by atoms with Gasteiger partial charge in [0.05, 0.1) is 5.69 Å². The molecule has 4 heteroatoms. The number of hydrogen-bond donors (Lipinski definition) is 1. The van der Waals surface area contributed by atoms with Gasteiger partial charge in [0.2, 0.25) is 5.71 Å². The minimum atomic E-state index is 0.220. The first-order valence-corrected chi connectivity index (χ1v) is 7.15. The smallest absolute Gasteiger partial charge is 0.227 e. The SMILES string of the molecule is Cc1ccc2c(n1)oc1c(N3C=CN[C@@H]3C)c(C)ccc12. The molecule has 106 valence electrons. The number of anilines is 1. The maximum absolute atomic E-state index is 6.09. The van der Waals surface area contributed by atoms with Gasteiger partial charge in [-0.1, -0.05) is 12.1 Å². The first kappa shape index (κ1) is 12.3. The lowest BCUT2D eigenvalue weighted by Gasteiger charge is -2.24. The molecule has 1 atom stereocenters. The lowest BCUT2D eigenvalue weighted by molar-refractivity contribution is 0.640. The highest BCUT2D eigenvalue weighted by molar-refractivity contribution is 6.08. The Morgan fingerprint density at radius 2 is 1.95 bits per heavy atom. The van der Waals surface area contributed by atoms with Gasteiger partial charge < -0.3 is 14.6 Å². The zero-order chi connectivity index (χ0) is 14.6. The third kappa shape index (κ3) is 1.72. The molecule has 4 rings (SSSR count). The van der Waals surface area contributed by atoms with Crippen LogP contribution in [0.5, 0.6) is 0 Å². The van der Waals surface area contributed by atoms with Crippen LogP contribution in [0.25, 0.3) is 22.1 Å². The van der Waals surface area contributed by atoms with Gasteiger partial charge in [-0.25, -0.2) is 4.98 Å². The molecule has 1 aliphatic heterocycles. The van der Waals surface area contributed by atoms with Gasteiger partial charge in [-0.2, -0.15) is 0 Å². The monoisotopic (exact) mass is 279 g/mol. The zero-order valence-electron chi connectivity index (χ0n) is 12.3. The van der Waals surface area contributed by atoms with Crippen LogP contribution in [0, 0.1) is 13.8 Å². The van der Waals surface area contributed by atoms with Gasteiger partial charge >= 0.3 is 0 Å². The van der Waals surface area contributed by atoms with Crippen LogP contribution in [-0.2, 0) is 0 Å². The summed E-state index contributed by atoms with van der Waals surface area (Å²) < 4.78 is 6.09. The third-order valence-corrected chi connectivity index (χ3v) is 4.07. The van der Waals surface area contributed by atoms with Gasteiger partial charge in [-0.05, 0) is 38.5 Å². The number of nitrogens with one attached hydrogen (secondary N) is 1. The largest absolute Gasteiger partial charge is 0.435 e. The summed E-state index contributed by atoms with van der Waals surface area (Å²) in [7, 11) is 0. The van der Waals surface area contributed by atoms with Crippen LogP contribution in [0.2, 0.25) is 0 Å². The number of benzene rings is 1. The maximum atomic E-state index is 6.09. The fourth-order valence-corrected chi connectivity index (χ4v) is 2.96. The van der Waals surface area contributed by atoms with Crippen LogP contribution in [0.1, 0.15) is 18.2 Å². The summed E-state index contributed by atoms with van der Waals surface area (Å²) in [6, 6.07) is 8.38. The number of pyridine rings is 1. The van der Waals surface area contributed by atoms with Crippen molar-refractivity contribution in [1.29, 1.82) is 0 Å². The average Bonchev–Trinajstić information content (AvgIpc) is 3.01. The molecule has 0 radical (unpaired) electrons. The summed E-state index contributed by atoms with van der Waals surface area (Å²) >= 11 is 0. The van der Waals surface area contributed by atoms with Gasteiger partial charge in [-0.15, -0.1) is 0 Å². The molecule has 1 N–H and O–H groups in total. The Morgan fingerprint density at radius 3 is 2.71 bits per heavy atom. The standard InChI is InChI=1S/C17H17N3O/c1-10-4-6-13-14-7-5-11(2)19-17(14)21-16(13)15(10)20-9-8-18-12(20)3/h4-9,12,18H,1-3H3/t12-/m0/s1. The minimum Gasteiger partial charge on any atom is -0.435 e. The van der Waals surface area contributed by atoms with Gasteiger partial charge in [0.1, 0.15) is 6.17 Å². The van der Waals surface area contributed by atoms with E-state index in [2.05, 4.69) is 53.4 Å². The van der Waals surface area contributed by atoms with E-state index in [1.165, 1.54) is 5.56 Å². The highest BCUT2D eigenvalue weighted by Crippen LogP contribution is 2.38. The summed E-state index contributed by atoms with van der Waals surface area (Å²) in [4.78, 5) is 6.71. The predicted molar refractivity (Wildman–Crippen MR) is 85.2 cm³/mol. The van der Waals surface area contributed by atoms with E-state index in [1.54, 1.807) is 0 Å². The van der Waals surface area contributed by atoms with Gasteiger partial charge in [0.15, 0.2) is 5.58 Å². The Bertz CT molecular complexity index is 878. The number of furan rings is 1. The third-order valence-electron chi connectivity index (χ3n) is 4.07. The van der Waals surface area contributed by atoms with Crippen LogP contribution in [0.3, 0.4) is 0 Å². The number of nitrogens with zero attached hydrogens (tertiary/aromatic N) is 2. The van der Waals surface area contributed by atoms with Crippen LogP contribution >= 0.6 is 0 Å². The maximum Gasteiger partial charge on any atom is 0.227 e. The summed E-state index contributed by atoms with van der Waals surface area (Å²) in [6.45, 7) is 6.22. The van der Waals surface area contributed by atoms with Crippen molar-refractivity contribution in [2.24, 2.45) is 0 Å². The van der Waals surface area contributed by atoms with Gasteiger partial charge in [0, 0.05) is 28.9 Å². The zero-order valence-corrected chi connectivity index (χ0v) is 12.3. The predicted octanol–water partition coefficient (Wildman–Crippen LogP) is 3.82. The van der Waals surface area contributed by atoms with Crippen molar-refractivity contribution in [3.63, 3.8) is 0 Å². The van der Waals surface area contributed by atoms with Crippen LogP contribution < -0.4 is 10.2 Å². The van der Waals surface area contributed by atoms with Crippen molar-refractivity contribution in [3.8, 4) is 0 Å². The van der Waals surface area contributed by atoms with Crippen molar-refractivity contribution < 1.29 is 4.42 Å². The Hall–Kier alpha value is -2.49. The van der Waals surface area contributed by atoms with E-state index < -0.39 is 0 Å². The molecule has 21 heavy (non-hydrogen) atoms. The van der Waals surface area contributed by atoms with E-state index in [1.807, 2.05) is 19.2 Å². The molecule has 3 aromatic rings. The Balaban J connectivity index is 2.07. The lowest BCUT2D eigenvalue weighted by atomic mass is 10.1. The normalized spacial score (nSPS) is 17.9. The Morgan fingerprint density at radius 1 is 1.14 bits per heavy atom. The topological polar surface area (TPSA) is 41.3 Å². The van der Waals surface area contributed by atoms with Crippen molar-refractivity contribution in [2.75, 3.05) is 4.90 Å². The summed E-state index contributed by atoms with van der Waals surface area (Å²) in [5.74, 6) is 0. The van der Waals surface area contributed by atoms with Crippen molar-refractivity contribution >= 4 is 27.8 Å². The molecule has 0 saturated carbocycles. The van der Waals surface area contributed by atoms with E-state index in [0.717, 1.165) is 27.7 Å². The van der Waals surface area contributed by atoms with Gasteiger partial charge in [-0.3, -0.25) is 0 Å². The number of rotatable bonds is 1. The van der Waals surface area contributed by atoms with E-state index >= 15 is 0 Å². The molecule has 0 unspecified atom stereocenters. The van der Waals surface area contributed by atoms with Crippen molar-refractivity contribution in [2.45, 2.75) is 26.9 Å². The molecule has 0 saturated heterocycles. The van der Waals surface area contributed by atoms with E-state index in [0.29, 0.717) is 5.71 Å². The Labute approximate surface area is 123 Å². The summed E-state index contributed by atoms with van der Waals surface area (Å²) in [6.07, 6.45) is 4.24. The number of fused-ring (bicyclic) bond motifs is 3. The van der Waals surface area contributed by atoms with Crippen molar-refractivity contribution in [1.82, 2.24) is 10.3 Å². The molecule has 3 heterocycles. The average molecular weight is 279 g/mol. The molecule has 2 aromatic heterocycles. The highest BCUT2D eigenvalue weighted by atomic mass is 16.3. The first-order chi connectivity index (χ1) is 10.1. The van der Waals surface area contributed by atoms with Crippen molar-refractivity contribution in [3.05, 3.63) is 47.9 Å². The number of aromatic nitrogens is 1. The Kier molecular flexibility index (Phi) is 2.48. The molecular weight excluding hydrogens is 262 g/mol. The highest BCUT2D eigenvalue weighted by Gasteiger charge is 2.22. The second-order valence-electron chi connectivity index (χ2n) is 5.58. The minimum absolute atomic E-state index is 0.220. The molecule has 0 amide bonds. The molecule has 1 aromatic carbocycles. The molecule has 4 nitrogen and oxygen atoms in total. The second kappa shape index (κ2) is 4.25. The lowest BCUT2D eigenvalue weighted by Crippen LogP contribution is -2.32. The van der Waals surface area contributed by atoms with Crippen LogP contribution in [-0.4, -0.2) is 11.1 Å². The van der Waals surface area contributed by atoms with Gasteiger partial charge in [0.25, 0.3) is 0 Å². The first-order valence-electron chi connectivity index (χ1n) is 7.15. The quantitative estimate of drug-likeness (QED) is 0.735. The van der Waals surface area contributed by atoms with Crippen LogP contribution in [0.4, 0.5) is 5.69 Å². The van der Waals surface area contributed by atoms with E-state index in [9.17, 15) is 0 Å². The number of aryl methyl sites for hydroxylation is 2. The number of hydrogen-bond acceptors (Lipinski definition) is 4. The molecule has 0 bridgehead atoms. The van der Waals surface area contributed by atoms with E-state index in [4.69, 9.17) is 4.42 Å². The molecule has 0 spiro atoms. The molecule has 1 aliphatic rings. The van der Waals surface area contributed by atoms with E-state index in [-0.39, 0.29) is 6.17 Å².